The van der Waals surface area contributed by atoms with Gasteiger partial charge in [0.05, 0.1) is 29.5 Å². The van der Waals surface area contributed by atoms with E-state index in [4.69, 9.17) is 23.2 Å². The standard InChI is InChI=1S/C30H24Cl2F3N5O3S/c31-20-9-10-36-25(12-20)29(41)30-13-18-15-38-40(22-5-2-21(33)3-6-22)26(18)11-19(30)1-4-23(14-30)39(17-28(34)35)44(42,43)24-7-8-27(32)37-16-24/h2-3,5-12,15-16,23,28H,1,4,13-14,17H2/t23-,30-/m0/s1. The Hall–Kier alpha value is -3.58. The number of benzene rings is 1. The second-order valence-electron chi connectivity index (χ2n) is 10.7. The summed E-state index contributed by atoms with van der Waals surface area (Å²) < 4.78 is 71.4. The number of alkyl halides is 2. The number of hydrogen-bond acceptors (Lipinski definition) is 6. The van der Waals surface area contributed by atoms with Crippen molar-refractivity contribution in [3.05, 3.63) is 106 Å². The number of rotatable bonds is 8. The van der Waals surface area contributed by atoms with E-state index in [-0.39, 0.29) is 46.4 Å². The third kappa shape index (κ3) is 5.55. The predicted octanol–water partition coefficient (Wildman–Crippen LogP) is 6.43. The highest BCUT2D eigenvalue weighted by molar-refractivity contribution is 7.89. The summed E-state index contributed by atoms with van der Waals surface area (Å²) in [5, 5.41) is 4.83. The summed E-state index contributed by atoms with van der Waals surface area (Å²) in [6.07, 6.45) is 3.33. The number of nitrogens with zero attached hydrogens (tertiary/aromatic N) is 5. The van der Waals surface area contributed by atoms with E-state index >= 15 is 0 Å². The van der Waals surface area contributed by atoms with Gasteiger partial charge in [-0.2, -0.15) is 9.40 Å². The van der Waals surface area contributed by atoms with Crippen LogP contribution in [0, 0.1) is 11.2 Å². The van der Waals surface area contributed by atoms with Gasteiger partial charge in [0.1, 0.15) is 21.6 Å². The van der Waals surface area contributed by atoms with E-state index in [1.165, 1.54) is 42.6 Å². The van der Waals surface area contributed by atoms with Crippen LogP contribution in [0.15, 0.2) is 77.6 Å². The summed E-state index contributed by atoms with van der Waals surface area (Å²) in [6, 6.07) is 10.3. The van der Waals surface area contributed by atoms with Gasteiger partial charge in [0.2, 0.25) is 10.0 Å². The van der Waals surface area contributed by atoms with Crippen LogP contribution >= 0.6 is 23.2 Å². The number of carbonyl (C=O) groups excluding carboxylic acids is 1. The molecule has 2 atom stereocenters. The molecule has 0 N–H and O–H groups in total. The van der Waals surface area contributed by atoms with Gasteiger partial charge in [-0.3, -0.25) is 9.78 Å². The quantitative estimate of drug-likeness (QED) is 0.160. The maximum absolute atomic E-state index is 14.4. The number of aromatic nitrogens is 4. The average Bonchev–Trinajstić information content (AvgIpc) is 3.40. The number of Topliss-reactive ketones (excluding diaryl/α,β-unsaturated/α-hetero) is 1. The molecule has 44 heavy (non-hydrogen) atoms. The van der Waals surface area contributed by atoms with Crippen molar-refractivity contribution >= 4 is 45.1 Å². The van der Waals surface area contributed by atoms with Gasteiger partial charge in [-0.25, -0.2) is 31.3 Å². The fourth-order valence-electron chi connectivity index (χ4n) is 6.12. The Morgan fingerprint density at radius 3 is 2.55 bits per heavy atom. The Kier molecular flexibility index (Phi) is 8.12. The largest absolute Gasteiger partial charge is 0.291 e. The van der Waals surface area contributed by atoms with Crippen molar-refractivity contribution < 1.29 is 26.4 Å². The van der Waals surface area contributed by atoms with Gasteiger partial charge in [0.25, 0.3) is 6.43 Å². The van der Waals surface area contributed by atoms with Crippen LogP contribution < -0.4 is 0 Å². The molecule has 0 saturated heterocycles. The maximum Gasteiger partial charge on any atom is 0.252 e. The number of allylic oxidation sites excluding steroid dienone is 1. The Labute approximate surface area is 261 Å². The summed E-state index contributed by atoms with van der Waals surface area (Å²) in [5.74, 6) is -0.804. The van der Waals surface area contributed by atoms with Crippen LogP contribution in [0.25, 0.3) is 11.8 Å². The van der Waals surface area contributed by atoms with E-state index in [0.717, 1.165) is 10.5 Å². The molecule has 0 unspecified atom stereocenters. The lowest BCUT2D eigenvalue weighted by molar-refractivity contribution is 0.0657. The molecule has 0 spiro atoms. The van der Waals surface area contributed by atoms with Crippen LogP contribution in [0.5, 0.6) is 0 Å². The Bertz CT molecular complexity index is 1870. The highest BCUT2D eigenvalue weighted by atomic mass is 35.5. The lowest BCUT2D eigenvalue weighted by Gasteiger charge is -2.46. The van der Waals surface area contributed by atoms with Crippen LogP contribution in [0.4, 0.5) is 13.2 Å². The number of pyridine rings is 2. The fourth-order valence-corrected chi connectivity index (χ4v) is 7.97. The Balaban J connectivity index is 1.45. The van der Waals surface area contributed by atoms with E-state index in [0.29, 0.717) is 22.5 Å². The van der Waals surface area contributed by atoms with Crippen LogP contribution in [0.3, 0.4) is 0 Å². The molecule has 1 fully saturated rings. The number of fused-ring (bicyclic) bond motifs is 2. The number of hydrogen-bond donors (Lipinski definition) is 0. The molecule has 3 heterocycles. The van der Waals surface area contributed by atoms with Gasteiger partial charge in [-0.05, 0) is 85.9 Å². The van der Waals surface area contributed by atoms with Crippen molar-refractivity contribution in [1.82, 2.24) is 24.1 Å². The first-order valence-corrected chi connectivity index (χ1v) is 15.8. The van der Waals surface area contributed by atoms with Gasteiger partial charge >= 0.3 is 0 Å². The minimum absolute atomic E-state index is 0.0505. The third-order valence-electron chi connectivity index (χ3n) is 8.13. The molecule has 2 aliphatic rings. The molecule has 1 aromatic carbocycles. The third-order valence-corrected chi connectivity index (χ3v) is 10.5. The van der Waals surface area contributed by atoms with Crippen LogP contribution in [-0.4, -0.2) is 57.3 Å². The Morgan fingerprint density at radius 1 is 1.09 bits per heavy atom. The Morgan fingerprint density at radius 2 is 1.86 bits per heavy atom. The number of halogens is 5. The SMILES string of the molecule is O=C(c1cc(Cl)ccn1)[C@]12Cc3cnn(-c4ccc(F)cc4)c3C=C1CC[C@H](N(CC(F)F)S(=O)(=O)c1ccc(Cl)nc1)C2. The first-order valence-electron chi connectivity index (χ1n) is 13.6. The van der Waals surface area contributed by atoms with E-state index < -0.39 is 46.1 Å². The maximum atomic E-state index is 14.4. The van der Waals surface area contributed by atoms with Crippen LogP contribution in [-0.2, 0) is 16.4 Å². The number of sulfonamides is 1. The molecular formula is C30H24Cl2F3N5O3S. The van der Waals surface area contributed by atoms with Crippen molar-refractivity contribution in [3.8, 4) is 5.69 Å². The summed E-state index contributed by atoms with van der Waals surface area (Å²) in [6.45, 7) is -1.07. The molecule has 4 aromatic rings. The summed E-state index contributed by atoms with van der Waals surface area (Å²) in [4.78, 5) is 22.2. The van der Waals surface area contributed by atoms with Gasteiger partial charge in [0, 0.05) is 23.5 Å². The number of ketones is 1. The molecule has 0 amide bonds. The summed E-state index contributed by atoms with van der Waals surface area (Å²) in [7, 11) is -4.45. The van der Waals surface area contributed by atoms with Crippen molar-refractivity contribution in [3.63, 3.8) is 0 Å². The van der Waals surface area contributed by atoms with Gasteiger partial charge in [0.15, 0.2) is 5.78 Å². The zero-order valence-corrected chi connectivity index (χ0v) is 25.2. The normalized spacial score (nSPS) is 19.9. The molecule has 0 bridgehead atoms. The molecule has 228 valence electrons. The molecule has 2 aliphatic carbocycles. The van der Waals surface area contributed by atoms with E-state index in [1.54, 1.807) is 23.0 Å². The summed E-state index contributed by atoms with van der Waals surface area (Å²) in [5.41, 5.74) is 1.43. The van der Waals surface area contributed by atoms with Crippen LogP contribution in [0.2, 0.25) is 10.2 Å². The van der Waals surface area contributed by atoms with Crippen molar-refractivity contribution in [2.75, 3.05) is 6.54 Å². The molecule has 8 nitrogen and oxygen atoms in total. The fraction of sp³-hybridized carbons (Fsp3) is 0.267. The van der Waals surface area contributed by atoms with E-state index in [2.05, 4.69) is 15.1 Å². The van der Waals surface area contributed by atoms with Gasteiger partial charge in [-0.15, -0.1) is 0 Å². The monoisotopic (exact) mass is 661 g/mol. The molecular weight excluding hydrogens is 638 g/mol. The molecule has 14 heteroatoms. The van der Waals surface area contributed by atoms with Crippen molar-refractivity contribution in [2.24, 2.45) is 5.41 Å². The zero-order chi connectivity index (χ0) is 31.2. The van der Waals surface area contributed by atoms with Crippen LogP contribution in [0.1, 0.15) is 41.0 Å². The van der Waals surface area contributed by atoms with E-state index in [1.807, 2.05) is 6.08 Å². The van der Waals surface area contributed by atoms with Gasteiger partial charge < -0.3 is 0 Å². The smallest absolute Gasteiger partial charge is 0.252 e. The van der Waals surface area contributed by atoms with Crippen molar-refractivity contribution in [2.45, 2.75) is 43.0 Å². The minimum atomic E-state index is -4.45. The molecule has 3 aromatic heterocycles. The first kappa shape index (κ1) is 30.4. The molecule has 0 radical (unpaired) electrons. The molecule has 6 rings (SSSR count). The second kappa shape index (κ2) is 11.7. The van der Waals surface area contributed by atoms with E-state index in [9.17, 15) is 26.4 Å². The number of carbonyl (C=O) groups is 1. The molecule has 0 aliphatic heterocycles. The first-order chi connectivity index (χ1) is 21.0. The molecule has 1 saturated carbocycles. The summed E-state index contributed by atoms with van der Waals surface area (Å²) >= 11 is 12.0. The minimum Gasteiger partial charge on any atom is -0.291 e. The highest BCUT2D eigenvalue weighted by Gasteiger charge is 2.52. The van der Waals surface area contributed by atoms with Gasteiger partial charge in [-0.1, -0.05) is 28.8 Å². The second-order valence-corrected chi connectivity index (χ2v) is 13.5. The lowest BCUT2D eigenvalue weighted by Crippen LogP contribution is -2.51. The zero-order valence-electron chi connectivity index (χ0n) is 22.9. The topological polar surface area (TPSA) is 98.0 Å². The highest BCUT2D eigenvalue weighted by Crippen LogP contribution is 2.51. The lowest BCUT2D eigenvalue weighted by atomic mass is 9.60. The average molecular weight is 663 g/mol. The predicted molar refractivity (Wildman–Crippen MR) is 158 cm³/mol. The van der Waals surface area contributed by atoms with Crippen molar-refractivity contribution in [1.29, 1.82) is 0 Å².